The highest BCUT2D eigenvalue weighted by Gasteiger charge is 2.32. The largest absolute Gasteiger partial charge is 0.504 e. The Balaban J connectivity index is 1.48. The van der Waals surface area contributed by atoms with Crippen molar-refractivity contribution in [1.29, 1.82) is 0 Å². The summed E-state index contributed by atoms with van der Waals surface area (Å²) in [4.78, 5) is 80.4. The van der Waals surface area contributed by atoms with Gasteiger partial charge >= 0.3 is 5.97 Å². The van der Waals surface area contributed by atoms with E-state index in [2.05, 4.69) is 0 Å². The second-order valence-corrected chi connectivity index (χ2v) is 13.6. The Labute approximate surface area is 326 Å². The summed E-state index contributed by atoms with van der Waals surface area (Å²) in [7, 11) is 0. The van der Waals surface area contributed by atoms with Gasteiger partial charge < -0.3 is 58.5 Å². The van der Waals surface area contributed by atoms with E-state index < -0.39 is 119 Å². The van der Waals surface area contributed by atoms with E-state index in [9.17, 15) is 64.5 Å². The maximum absolute atomic E-state index is 14.7. The predicted molar refractivity (Wildman–Crippen MR) is 202 cm³/mol. The van der Waals surface area contributed by atoms with Crippen LogP contribution in [0.25, 0.3) is 55.6 Å². The van der Waals surface area contributed by atoms with Crippen LogP contribution in [-0.4, -0.2) is 54.0 Å². The van der Waals surface area contributed by atoms with Gasteiger partial charge in [0.1, 0.15) is 57.3 Å². The molecule has 1 aliphatic rings. The monoisotopic (exact) mass is 806 g/mol. The number of phenolic OH excluding ortho intramolecular Hbond substituents is 5. The summed E-state index contributed by atoms with van der Waals surface area (Å²) in [6, 6.07) is 5.01. The fourth-order valence-electron chi connectivity index (χ4n) is 7.41. The van der Waals surface area contributed by atoms with Crippen LogP contribution in [0.3, 0.4) is 0 Å². The Bertz CT molecular complexity index is 3290. The van der Waals surface area contributed by atoms with E-state index in [-0.39, 0.29) is 69.3 Å². The zero-order valence-electron chi connectivity index (χ0n) is 30.5. The number of phenols is 6. The quantitative estimate of drug-likeness (QED) is 0.0476. The van der Waals surface area contributed by atoms with Crippen LogP contribution >= 0.6 is 0 Å². The lowest BCUT2D eigenvalue weighted by Crippen LogP contribution is -2.24. The van der Waals surface area contributed by atoms with Crippen LogP contribution in [-0.2, 0) is 17.8 Å². The Hall–Kier alpha value is -8.28. The minimum atomic E-state index is -1.81. The molecule has 59 heavy (non-hydrogen) atoms. The van der Waals surface area contributed by atoms with E-state index in [1.165, 1.54) is 13.8 Å². The van der Waals surface area contributed by atoms with Crippen molar-refractivity contribution in [3.63, 3.8) is 0 Å². The van der Waals surface area contributed by atoms with Gasteiger partial charge in [-0.1, -0.05) is 0 Å². The van der Waals surface area contributed by atoms with Crippen molar-refractivity contribution in [2.24, 2.45) is 0 Å². The Morgan fingerprint density at radius 2 is 1.39 bits per heavy atom. The summed E-state index contributed by atoms with van der Waals surface area (Å²) in [6.45, 7) is 3.43. The third-order valence-electron chi connectivity index (χ3n) is 10.2. The third kappa shape index (κ3) is 5.48. The molecule has 0 bridgehead atoms. The Morgan fingerprint density at radius 1 is 0.729 bits per heavy atom. The molecule has 0 spiro atoms. The molecule has 0 fully saturated rings. The summed E-state index contributed by atoms with van der Waals surface area (Å²) < 4.78 is 28.8. The first-order chi connectivity index (χ1) is 27.9. The van der Waals surface area contributed by atoms with Gasteiger partial charge in [-0.05, 0) is 38.5 Å². The summed E-state index contributed by atoms with van der Waals surface area (Å²) in [5.74, 6) is -8.68. The molecule has 0 atom stereocenters. The molecule has 3 aromatic heterocycles. The van der Waals surface area contributed by atoms with E-state index >= 15 is 0 Å². The lowest BCUT2D eigenvalue weighted by Gasteiger charge is -2.21. The smallest absolute Gasteiger partial charge is 0.340 e. The van der Waals surface area contributed by atoms with E-state index in [1.54, 1.807) is 0 Å². The number of ether oxygens (including phenoxy) is 2. The number of carbonyl (C=O) groups is 3. The molecule has 0 radical (unpaired) electrons. The molecular weight excluding hydrogens is 780 g/mol. The molecule has 18 nitrogen and oxygen atoms in total. The van der Waals surface area contributed by atoms with Crippen LogP contribution in [0.2, 0.25) is 0 Å². The average molecular weight is 807 g/mol. The second-order valence-electron chi connectivity index (χ2n) is 13.6. The second kappa shape index (κ2) is 13.2. The van der Waals surface area contributed by atoms with Gasteiger partial charge in [0.05, 0.1) is 27.5 Å². The summed E-state index contributed by atoms with van der Waals surface area (Å²) >= 11 is 0. The van der Waals surface area contributed by atoms with Crippen LogP contribution in [0.4, 0.5) is 0 Å². The highest BCUT2D eigenvalue weighted by Crippen LogP contribution is 2.46. The predicted octanol–water partition coefficient (Wildman–Crippen LogP) is 5.11. The zero-order chi connectivity index (χ0) is 42.5. The molecule has 7 N–H and O–H groups in total. The van der Waals surface area contributed by atoms with Gasteiger partial charge in [-0.3, -0.25) is 24.0 Å². The van der Waals surface area contributed by atoms with Crippen molar-refractivity contribution in [2.45, 2.75) is 33.8 Å². The van der Waals surface area contributed by atoms with Gasteiger partial charge in [0.2, 0.25) is 16.6 Å². The first kappa shape index (κ1) is 37.6. The summed E-state index contributed by atoms with van der Waals surface area (Å²) in [5, 5.41) is 70.3. The summed E-state index contributed by atoms with van der Waals surface area (Å²) in [6.07, 6.45) is -0.638. The van der Waals surface area contributed by atoms with Crippen molar-refractivity contribution in [3.05, 3.63) is 100 Å². The number of ketones is 1. The van der Waals surface area contributed by atoms with Gasteiger partial charge in [0.25, 0.3) is 6.47 Å². The molecule has 1 aliphatic heterocycles. The minimum Gasteiger partial charge on any atom is -0.504 e. The number of fused-ring (bicyclic) bond motifs is 6. The highest BCUT2D eigenvalue weighted by molar-refractivity contribution is 6.13. The van der Waals surface area contributed by atoms with Gasteiger partial charge in [0, 0.05) is 41.3 Å². The molecule has 298 valence electrons. The molecule has 0 amide bonds. The van der Waals surface area contributed by atoms with Gasteiger partial charge in [-0.25, -0.2) is 4.79 Å². The van der Waals surface area contributed by atoms with Crippen molar-refractivity contribution < 1.29 is 72.9 Å². The maximum Gasteiger partial charge on any atom is 0.340 e. The average Bonchev–Trinajstić information content (AvgIpc) is 3.16. The van der Waals surface area contributed by atoms with Crippen molar-refractivity contribution in [2.75, 3.05) is 0 Å². The number of benzene rings is 4. The van der Waals surface area contributed by atoms with Crippen LogP contribution in [0.1, 0.15) is 55.7 Å². The number of Topliss-reactive ketones (excluding diaryl/α,β-unsaturated/α-hetero) is 1. The van der Waals surface area contributed by atoms with Crippen molar-refractivity contribution >= 4 is 51.1 Å². The first-order valence-corrected chi connectivity index (χ1v) is 17.2. The van der Waals surface area contributed by atoms with E-state index in [0.29, 0.717) is 0 Å². The number of aryl methyl sites for hydroxylation is 1. The molecule has 0 saturated heterocycles. The van der Waals surface area contributed by atoms with Crippen molar-refractivity contribution in [3.8, 4) is 68.6 Å². The topological polar surface area (TPSA) is 302 Å². The standard InChI is InChI=1S/C41H26O18/c1-12-15(4-19-33(49)29-26(59-39(19)28(12)13(2)43)8-23(46)35(51)31(29)41(53)54)37-18(34(50)30-27(58-37)9-24(47)36(52)40(30)56-11-42)5-16-14(3)57-38-17-6-21(44)22(45)7-25(17)55-10-20(38)32(16)48/h4,6-9,11,44-47,51-52H,5,10H2,1-3H3,(H,53,54). The van der Waals surface area contributed by atoms with Crippen LogP contribution < -0.4 is 25.8 Å². The molecule has 0 aliphatic carbocycles. The molecule has 18 heteroatoms. The van der Waals surface area contributed by atoms with E-state index in [4.69, 9.17) is 22.7 Å². The Kier molecular flexibility index (Phi) is 8.39. The molecule has 7 aromatic rings. The van der Waals surface area contributed by atoms with Gasteiger partial charge in [-0.2, -0.15) is 0 Å². The molecule has 8 rings (SSSR count). The van der Waals surface area contributed by atoms with Crippen molar-refractivity contribution in [1.82, 2.24) is 0 Å². The highest BCUT2D eigenvalue weighted by atomic mass is 16.5. The van der Waals surface area contributed by atoms with E-state index in [1.807, 2.05) is 0 Å². The number of carbonyl (C=O) groups excluding carboxylic acids is 2. The number of carboxylic acid groups (broad SMARTS) is 1. The van der Waals surface area contributed by atoms with E-state index in [0.717, 1.165) is 37.3 Å². The van der Waals surface area contributed by atoms with Gasteiger partial charge in [-0.15, -0.1) is 0 Å². The van der Waals surface area contributed by atoms with Crippen LogP contribution in [0.15, 0.2) is 58.0 Å². The third-order valence-corrected chi connectivity index (χ3v) is 10.2. The number of rotatable bonds is 7. The minimum absolute atomic E-state index is 0.00357. The van der Waals surface area contributed by atoms with Crippen LogP contribution in [0.5, 0.6) is 46.0 Å². The normalized spacial score (nSPS) is 12.0. The van der Waals surface area contributed by atoms with Crippen LogP contribution in [0, 0.1) is 13.8 Å². The number of carboxylic acids is 1. The molecular formula is C41H26O18. The SMILES string of the molecule is CC(=O)c1c(C)c(-c2oc3cc(O)c(O)c(OC=O)c3c(=O)c2Cc2c(C)oc3c(c2=O)COc2cc(O)c(O)cc2-3)cc2c(=O)c3c(C(=O)O)c(O)c(O)cc3oc12. The fourth-order valence-corrected chi connectivity index (χ4v) is 7.41. The fraction of sp³-hybridized carbons (Fsp3) is 0.122. The van der Waals surface area contributed by atoms with Gasteiger partial charge in [0.15, 0.2) is 45.7 Å². The molecule has 0 unspecified atom stereocenters. The lowest BCUT2D eigenvalue weighted by molar-refractivity contribution is -0.120. The summed E-state index contributed by atoms with van der Waals surface area (Å²) in [5.41, 5.74) is -6.02. The molecule has 4 aromatic carbocycles. The maximum atomic E-state index is 14.7. The first-order valence-electron chi connectivity index (χ1n) is 17.2. The number of aromatic carboxylic acids is 1. The zero-order valence-corrected chi connectivity index (χ0v) is 30.5. The molecule has 4 heterocycles. The number of hydrogen-bond acceptors (Lipinski definition) is 17. The Morgan fingerprint density at radius 3 is 2.05 bits per heavy atom. The number of aromatic hydroxyl groups is 6. The molecule has 0 saturated carbocycles. The lowest BCUT2D eigenvalue weighted by atomic mass is 9.90. The number of hydrogen-bond donors (Lipinski definition) is 7.